The number of nitrogens with one attached hydrogen (secondary N) is 3. The summed E-state index contributed by atoms with van der Waals surface area (Å²) in [5, 5.41) is 2.58. The highest BCUT2D eigenvalue weighted by atomic mass is 16.2. The summed E-state index contributed by atoms with van der Waals surface area (Å²) in [5.41, 5.74) is 5.72. The Morgan fingerprint density at radius 3 is 2.27 bits per heavy atom. The molecule has 0 saturated carbocycles. The molecule has 0 bridgehead atoms. The molecule has 0 aliphatic rings. The van der Waals surface area contributed by atoms with E-state index in [1.54, 1.807) is 36.5 Å². The van der Waals surface area contributed by atoms with Crippen LogP contribution in [0.25, 0.3) is 0 Å². The van der Waals surface area contributed by atoms with Crippen LogP contribution in [-0.2, 0) is 4.79 Å². The van der Waals surface area contributed by atoms with Gasteiger partial charge in [0, 0.05) is 30.6 Å². The quantitative estimate of drug-likeness (QED) is 0.739. The van der Waals surface area contributed by atoms with Gasteiger partial charge in [-0.2, -0.15) is 0 Å². The van der Waals surface area contributed by atoms with Gasteiger partial charge < -0.3 is 5.32 Å². The van der Waals surface area contributed by atoms with Crippen LogP contribution in [0.2, 0.25) is 0 Å². The second-order valence-corrected chi connectivity index (χ2v) is 4.41. The minimum atomic E-state index is -0.496. The number of rotatable bonds is 3. The van der Waals surface area contributed by atoms with E-state index < -0.39 is 11.8 Å². The topological polar surface area (TPSA) is 100 Å². The van der Waals surface area contributed by atoms with E-state index in [1.165, 1.54) is 19.2 Å². The van der Waals surface area contributed by atoms with Gasteiger partial charge in [0.15, 0.2) is 0 Å². The van der Waals surface area contributed by atoms with Gasteiger partial charge in [0.05, 0.1) is 5.56 Å². The van der Waals surface area contributed by atoms with Crippen molar-refractivity contribution in [3.05, 3.63) is 59.9 Å². The molecule has 0 saturated heterocycles. The Labute approximate surface area is 126 Å². The number of hydrazine groups is 1. The summed E-state index contributed by atoms with van der Waals surface area (Å²) < 4.78 is 0. The van der Waals surface area contributed by atoms with Crippen LogP contribution in [0.15, 0.2) is 48.8 Å². The third-order valence-corrected chi connectivity index (χ3v) is 2.66. The van der Waals surface area contributed by atoms with E-state index >= 15 is 0 Å². The van der Waals surface area contributed by atoms with Crippen LogP contribution in [0, 0.1) is 0 Å². The first-order valence-electron chi connectivity index (χ1n) is 6.44. The third-order valence-electron chi connectivity index (χ3n) is 2.66. The van der Waals surface area contributed by atoms with Gasteiger partial charge in [-0.15, -0.1) is 0 Å². The number of carbonyl (C=O) groups is 3. The molecule has 3 amide bonds. The van der Waals surface area contributed by atoms with Gasteiger partial charge in [0.2, 0.25) is 5.91 Å². The first-order valence-corrected chi connectivity index (χ1v) is 6.44. The van der Waals surface area contributed by atoms with Gasteiger partial charge >= 0.3 is 0 Å². The van der Waals surface area contributed by atoms with Crippen LogP contribution < -0.4 is 16.2 Å². The maximum absolute atomic E-state index is 12.0. The van der Waals surface area contributed by atoms with E-state index in [0.717, 1.165) is 0 Å². The number of carbonyl (C=O) groups excluding carboxylic acids is 3. The first kappa shape index (κ1) is 15.2. The number of hydrogen-bond acceptors (Lipinski definition) is 4. The lowest BCUT2D eigenvalue weighted by Crippen LogP contribution is -2.41. The fourth-order valence-electron chi connectivity index (χ4n) is 1.70. The average Bonchev–Trinajstić information content (AvgIpc) is 2.52. The fraction of sp³-hybridized carbons (Fsp3) is 0.0667. The molecule has 3 N–H and O–H groups in total. The van der Waals surface area contributed by atoms with E-state index in [0.29, 0.717) is 16.8 Å². The molecule has 0 spiro atoms. The maximum atomic E-state index is 12.0. The number of nitrogens with zero attached hydrogens (tertiary/aromatic N) is 1. The summed E-state index contributed by atoms with van der Waals surface area (Å²) >= 11 is 0. The van der Waals surface area contributed by atoms with Gasteiger partial charge in [0.1, 0.15) is 0 Å². The Kier molecular flexibility index (Phi) is 4.81. The molecule has 0 atom stereocenters. The maximum Gasteiger partial charge on any atom is 0.271 e. The monoisotopic (exact) mass is 298 g/mol. The van der Waals surface area contributed by atoms with Crippen molar-refractivity contribution in [1.82, 2.24) is 15.8 Å². The molecule has 1 aromatic carbocycles. The van der Waals surface area contributed by atoms with Gasteiger partial charge in [0.25, 0.3) is 11.8 Å². The lowest BCUT2D eigenvalue weighted by atomic mass is 10.2. The van der Waals surface area contributed by atoms with Crippen LogP contribution in [0.5, 0.6) is 0 Å². The van der Waals surface area contributed by atoms with E-state index in [4.69, 9.17) is 0 Å². The van der Waals surface area contributed by atoms with Gasteiger partial charge in [-0.3, -0.25) is 30.2 Å². The zero-order valence-corrected chi connectivity index (χ0v) is 11.8. The highest BCUT2D eigenvalue weighted by molar-refractivity contribution is 6.00. The fourth-order valence-corrected chi connectivity index (χ4v) is 1.70. The van der Waals surface area contributed by atoms with Crippen LogP contribution in [0.3, 0.4) is 0 Å². The van der Waals surface area contributed by atoms with Crippen LogP contribution in [0.4, 0.5) is 5.69 Å². The van der Waals surface area contributed by atoms with E-state index in [1.807, 2.05) is 0 Å². The van der Waals surface area contributed by atoms with Crippen molar-refractivity contribution >= 4 is 23.4 Å². The molecule has 0 unspecified atom stereocenters. The Morgan fingerprint density at radius 2 is 1.64 bits per heavy atom. The Morgan fingerprint density at radius 1 is 0.955 bits per heavy atom. The van der Waals surface area contributed by atoms with Gasteiger partial charge in [-0.25, -0.2) is 0 Å². The second kappa shape index (κ2) is 6.98. The summed E-state index contributed by atoms with van der Waals surface area (Å²) in [6.45, 7) is 1.38. The normalized spacial score (nSPS) is 9.68. The van der Waals surface area contributed by atoms with Crippen molar-refractivity contribution in [1.29, 1.82) is 0 Å². The largest absolute Gasteiger partial charge is 0.326 e. The second-order valence-electron chi connectivity index (χ2n) is 4.41. The van der Waals surface area contributed by atoms with Crippen molar-refractivity contribution < 1.29 is 14.4 Å². The summed E-state index contributed by atoms with van der Waals surface area (Å²) in [5.74, 6) is -1.20. The molecule has 0 fully saturated rings. The molecule has 2 aromatic rings. The average molecular weight is 298 g/mol. The number of aromatic nitrogens is 1. The van der Waals surface area contributed by atoms with Crippen molar-refractivity contribution in [3.63, 3.8) is 0 Å². The third kappa shape index (κ3) is 4.14. The molecule has 1 aromatic heterocycles. The zero-order chi connectivity index (χ0) is 15.9. The number of hydrogen-bond donors (Lipinski definition) is 3. The summed E-state index contributed by atoms with van der Waals surface area (Å²) in [6, 6.07) is 9.55. The minimum Gasteiger partial charge on any atom is -0.326 e. The van der Waals surface area contributed by atoms with Crippen LogP contribution >= 0.6 is 0 Å². The summed E-state index contributed by atoms with van der Waals surface area (Å²) in [7, 11) is 0. The van der Waals surface area contributed by atoms with Gasteiger partial charge in [-0.05, 0) is 30.3 Å². The predicted molar refractivity (Wildman–Crippen MR) is 79.9 cm³/mol. The number of amides is 3. The molecular weight excluding hydrogens is 284 g/mol. The SMILES string of the molecule is CC(=O)Nc1cccc(C(=O)NNC(=O)c2cccnc2)c1. The smallest absolute Gasteiger partial charge is 0.271 e. The molecular formula is C15H14N4O3. The minimum absolute atomic E-state index is 0.234. The summed E-state index contributed by atoms with van der Waals surface area (Å²) in [6.07, 6.45) is 2.93. The molecule has 2 rings (SSSR count). The van der Waals surface area contributed by atoms with Crippen molar-refractivity contribution in [2.24, 2.45) is 0 Å². The standard InChI is InChI=1S/C15H14N4O3/c1-10(20)17-13-6-2-4-11(8-13)14(21)18-19-15(22)12-5-3-7-16-9-12/h2-9H,1H3,(H,17,20)(H,18,21)(H,19,22). The van der Waals surface area contributed by atoms with Crippen molar-refractivity contribution in [2.45, 2.75) is 6.92 Å². The van der Waals surface area contributed by atoms with E-state index in [-0.39, 0.29) is 5.91 Å². The molecule has 1 heterocycles. The molecule has 7 heteroatoms. The Balaban J connectivity index is 1.98. The molecule has 112 valence electrons. The van der Waals surface area contributed by atoms with E-state index in [2.05, 4.69) is 21.2 Å². The number of benzene rings is 1. The lowest BCUT2D eigenvalue weighted by Gasteiger charge is -2.08. The Bertz CT molecular complexity index is 701. The lowest BCUT2D eigenvalue weighted by molar-refractivity contribution is -0.114. The molecule has 0 radical (unpaired) electrons. The zero-order valence-electron chi connectivity index (χ0n) is 11.8. The number of pyridine rings is 1. The molecule has 0 aliphatic carbocycles. The van der Waals surface area contributed by atoms with Crippen LogP contribution in [-0.4, -0.2) is 22.7 Å². The first-order chi connectivity index (χ1) is 10.6. The molecule has 22 heavy (non-hydrogen) atoms. The highest BCUT2D eigenvalue weighted by Gasteiger charge is 2.09. The number of anilines is 1. The molecule has 0 aliphatic heterocycles. The Hall–Kier alpha value is -3.22. The van der Waals surface area contributed by atoms with Crippen LogP contribution in [0.1, 0.15) is 27.6 Å². The van der Waals surface area contributed by atoms with Gasteiger partial charge in [-0.1, -0.05) is 6.07 Å². The predicted octanol–water partition coefficient (Wildman–Crippen LogP) is 1.11. The highest BCUT2D eigenvalue weighted by Crippen LogP contribution is 2.10. The van der Waals surface area contributed by atoms with E-state index in [9.17, 15) is 14.4 Å². The summed E-state index contributed by atoms with van der Waals surface area (Å²) in [4.78, 5) is 38.5. The molecule has 7 nitrogen and oxygen atoms in total. The van der Waals surface area contributed by atoms with Crippen molar-refractivity contribution in [3.8, 4) is 0 Å². The van der Waals surface area contributed by atoms with Crippen molar-refractivity contribution in [2.75, 3.05) is 5.32 Å².